The van der Waals surface area contributed by atoms with E-state index >= 15 is 0 Å². The molecule has 7 heteroatoms. The van der Waals surface area contributed by atoms with Gasteiger partial charge in [-0.05, 0) is 47.4 Å². The molecule has 4 heterocycles. The summed E-state index contributed by atoms with van der Waals surface area (Å²) < 4.78 is 56.8. The molecule has 1 N–H and O–H groups in total. The van der Waals surface area contributed by atoms with Crippen LogP contribution < -0.4 is 4.57 Å². The second kappa shape index (κ2) is 11.2. The van der Waals surface area contributed by atoms with Crippen LogP contribution in [0.3, 0.4) is 0 Å². The minimum absolute atomic E-state index is 0. The molecule has 4 aromatic heterocycles. The molecule has 0 aliphatic carbocycles. The van der Waals surface area contributed by atoms with Gasteiger partial charge in [-0.25, -0.2) is 0 Å². The molecule has 44 heavy (non-hydrogen) atoms. The number of hydrogen-bond acceptors (Lipinski definition) is 4. The Morgan fingerprint density at radius 3 is 2.64 bits per heavy atom. The van der Waals surface area contributed by atoms with Gasteiger partial charge in [0.1, 0.15) is 22.4 Å². The van der Waals surface area contributed by atoms with Crippen molar-refractivity contribution in [2.45, 2.75) is 34.0 Å². The van der Waals surface area contributed by atoms with Crippen molar-refractivity contribution in [1.82, 2.24) is 9.38 Å². The van der Waals surface area contributed by atoms with Crippen molar-refractivity contribution in [3.63, 3.8) is 0 Å². The van der Waals surface area contributed by atoms with Crippen molar-refractivity contribution in [3.05, 3.63) is 109 Å². The SMILES string of the molecule is C[n+]1[c-]n2c(c1)oc1cccc(O)c12.[2H]C([2H])([2H])c1cnc(-c2[c-]ccc3c2oc2c4ccccc4ccc32)cc1C([2H])([2H])C(C)(C)C.[Ir]. The Labute approximate surface area is 275 Å². The number of aromatic nitrogens is 3. The quantitative estimate of drug-likeness (QED) is 0.142. The molecular formula is C37H32IrN3O3-. The normalized spacial score (nSPS) is 14.0. The number of aryl methyl sites for hydroxylation is 2. The first-order valence-corrected chi connectivity index (χ1v) is 13.9. The van der Waals surface area contributed by atoms with Gasteiger partial charge in [0.05, 0.1) is 18.8 Å². The molecule has 1 radical (unpaired) electrons. The Hall–Kier alpha value is -4.45. The van der Waals surface area contributed by atoms with Gasteiger partial charge >= 0.3 is 0 Å². The fraction of sp³-hybridized carbons (Fsp3) is 0.189. The van der Waals surface area contributed by atoms with Crippen molar-refractivity contribution in [3.8, 4) is 17.0 Å². The molecule has 8 aromatic rings. The van der Waals surface area contributed by atoms with Crippen molar-refractivity contribution < 1.29 is 45.5 Å². The number of fused-ring (bicyclic) bond motifs is 8. The van der Waals surface area contributed by atoms with E-state index in [1.807, 2.05) is 49.5 Å². The maximum absolute atomic E-state index is 9.66. The van der Waals surface area contributed by atoms with Crippen molar-refractivity contribution in [2.75, 3.05) is 0 Å². The summed E-state index contributed by atoms with van der Waals surface area (Å²) in [6, 6.07) is 25.8. The summed E-state index contributed by atoms with van der Waals surface area (Å²) in [6.07, 6.45) is 4.17. The number of aromatic hydroxyl groups is 1. The van der Waals surface area contributed by atoms with Crippen LogP contribution in [0.25, 0.3) is 60.8 Å². The van der Waals surface area contributed by atoms with E-state index in [9.17, 15) is 5.11 Å². The molecule has 0 unspecified atom stereocenters. The van der Waals surface area contributed by atoms with E-state index in [4.69, 9.17) is 15.7 Å². The number of pyridine rings is 1. The van der Waals surface area contributed by atoms with E-state index in [-0.39, 0.29) is 37.0 Å². The first kappa shape index (κ1) is 23.9. The largest absolute Gasteiger partial charge is 0.513 e. The van der Waals surface area contributed by atoms with E-state index in [0.717, 1.165) is 27.1 Å². The average molecular weight is 764 g/mol. The molecule has 0 aliphatic rings. The molecular weight excluding hydrogens is 727 g/mol. The third kappa shape index (κ3) is 5.27. The van der Waals surface area contributed by atoms with E-state index < -0.39 is 18.6 Å². The van der Waals surface area contributed by atoms with Crippen molar-refractivity contribution in [2.24, 2.45) is 12.5 Å². The first-order chi connectivity index (χ1) is 22.6. The molecule has 0 bridgehead atoms. The molecule has 4 aromatic carbocycles. The van der Waals surface area contributed by atoms with Crippen LogP contribution in [0.1, 0.15) is 38.8 Å². The fourth-order valence-corrected chi connectivity index (χ4v) is 5.38. The second-order valence-corrected chi connectivity index (χ2v) is 11.6. The molecule has 223 valence electrons. The molecule has 0 fully saturated rings. The fourth-order valence-electron chi connectivity index (χ4n) is 5.38. The van der Waals surface area contributed by atoms with Crippen LogP contribution in [0.2, 0.25) is 0 Å². The molecule has 8 rings (SSSR count). The standard InChI is InChI=1S/C27H24NO.C10H8N2O2.Ir/c1-17-16-28-24(14-19(17)15-27(2,3)4)23-11-7-10-21-22-13-12-18-8-5-6-9-20(18)25(22)29-26(21)23;1-11-5-9-12(6-11)10-7(13)3-2-4-8(10)14-9;/h5-10,12-14,16H,15H2,1-4H3;2-5,13H,1H3;/q-1;;/i1D3,15D2;;. The van der Waals surface area contributed by atoms with Crippen LogP contribution in [-0.2, 0) is 33.5 Å². The number of para-hydroxylation sites is 1. The minimum Gasteiger partial charge on any atom is -0.513 e. The number of phenolic OH excluding ortho intramolecular Hbond substituents is 1. The number of imidazole rings is 1. The molecule has 6 nitrogen and oxygen atoms in total. The molecule has 0 aliphatic heterocycles. The topological polar surface area (TPSA) is 67.7 Å². The Bertz CT molecular complexity index is 2510. The number of furan rings is 1. The predicted molar refractivity (Wildman–Crippen MR) is 170 cm³/mol. The Balaban J connectivity index is 0.000000231. The third-order valence-corrected chi connectivity index (χ3v) is 7.19. The van der Waals surface area contributed by atoms with Crippen LogP contribution in [-0.4, -0.2) is 14.5 Å². The maximum atomic E-state index is 9.66. The van der Waals surface area contributed by atoms with E-state index in [1.54, 1.807) is 60.2 Å². The number of hydrogen-bond donors (Lipinski definition) is 1. The average Bonchev–Trinajstić information content (AvgIpc) is 3.70. The van der Waals surface area contributed by atoms with E-state index in [1.165, 1.54) is 6.20 Å². The number of oxazole rings is 1. The summed E-state index contributed by atoms with van der Waals surface area (Å²) in [6.45, 7) is 2.78. The van der Waals surface area contributed by atoms with Gasteiger partial charge in [0, 0.05) is 43.9 Å². The summed E-state index contributed by atoms with van der Waals surface area (Å²) in [5.74, 6) is 0.203. The van der Waals surface area contributed by atoms with Gasteiger partial charge in [-0.3, -0.25) is 4.40 Å². The van der Waals surface area contributed by atoms with Crippen LogP contribution in [0.15, 0.2) is 94.0 Å². The number of benzene rings is 4. The van der Waals surface area contributed by atoms with Gasteiger partial charge < -0.3 is 23.5 Å². The smallest absolute Gasteiger partial charge is 0.246 e. The summed E-state index contributed by atoms with van der Waals surface area (Å²) in [5, 5.41) is 13.6. The van der Waals surface area contributed by atoms with Gasteiger partial charge in [0.2, 0.25) is 12.0 Å². The van der Waals surface area contributed by atoms with Crippen LogP contribution in [0, 0.1) is 24.7 Å². The molecule has 0 amide bonds. The van der Waals surface area contributed by atoms with Crippen molar-refractivity contribution >= 4 is 49.5 Å². The van der Waals surface area contributed by atoms with Crippen molar-refractivity contribution in [1.29, 1.82) is 0 Å². The zero-order chi connectivity index (χ0) is 34.2. The van der Waals surface area contributed by atoms with Gasteiger partial charge in [0.25, 0.3) is 0 Å². The van der Waals surface area contributed by atoms with Gasteiger partial charge in [-0.2, -0.15) is 0 Å². The van der Waals surface area contributed by atoms with Crippen LogP contribution >= 0.6 is 0 Å². The molecule has 0 spiro atoms. The minimum atomic E-state index is -2.49. The number of phenols is 1. The van der Waals surface area contributed by atoms with E-state index in [2.05, 4.69) is 23.4 Å². The zero-order valence-electron chi connectivity index (χ0n) is 29.5. The Morgan fingerprint density at radius 1 is 1.00 bits per heavy atom. The Kier molecular flexibility index (Phi) is 6.11. The molecule has 0 saturated heterocycles. The Morgan fingerprint density at radius 2 is 1.82 bits per heavy atom. The molecule has 0 saturated carbocycles. The van der Waals surface area contributed by atoms with E-state index in [0.29, 0.717) is 33.7 Å². The van der Waals surface area contributed by atoms with Crippen LogP contribution in [0.4, 0.5) is 0 Å². The summed E-state index contributed by atoms with van der Waals surface area (Å²) in [5.41, 5.74) is 3.52. The second-order valence-electron chi connectivity index (χ2n) is 11.6. The molecule has 0 atom stereocenters. The third-order valence-electron chi connectivity index (χ3n) is 7.19. The maximum Gasteiger partial charge on any atom is 0.246 e. The summed E-state index contributed by atoms with van der Waals surface area (Å²) in [4.78, 5) is 4.44. The monoisotopic (exact) mass is 764 g/mol. The summed E-state index contributed by atoms with van der Waals surface area (Å²) >= 11 is 0. The van der Waals surface area contributed by atoms with Gasteiger partial charge in [-0.1, -0.05) is 85.8 Å². The number of rotatable bonds is 2. The van der Waals surface area contributed by atoms with Crippen LogP contribution in [0.5, 0.6) is 5.75 Å². The first-order valence-electron chi connectivity index (χ1n) is 16.4. The van der Waals surface area contributed by atoms with Gasteiger partial charge in [0.15, 0.2) is 0 Å². The zero-order valence-corrected chi connectivity index (χ0v) is 26.9. The summed E-state index contributed by atoms with van der Waals surface area (Å²) in [7, 11) is 1.86. The number of nitrogens with zero attached hydrogens (tertiary/aromatic N) is 3. The predicted octanol–water partition coefficient (Wildman–Crippen LogP) is 8.51. The van der Waals surface area contributed by atoms with Gasteiger partial charge in [-0.15, -0.1) is 18.2 Å².